The molecule has 0 spiro atoms. The predicted molar refractivity (Wildman–Crippen MR) is 83.4 cm³/mol. The fraction of sp³-hybridized carbons (Fsp3) is 0.588. The standard InChI is InChI=1S/C17H22ClNO2/c18-13-6-4-5-12(9-13)14-10-15(14)19-16(20)11-17(21)7-2-1-3-8-17/h4-6,9,14-15,21H,1-3,7-8,10-11H2,(H,19,20). The molecule has 3 rings (SSSR count). The van der Waals surface area contributed by atoms with Gasteiger partial charge in [-0.1, -0.05) is 43.0 Å². The summed E-state index contributed by atoms with van der Waals surface area (Å²) >= 11 is 6.00. The van der Waals surface area contributed by atoms with Crippen LogP contribution >= 0.6 is 11.6 Å². The number of hydrogen-bond donors (Lipinski definition) is 2. The average Bonchev–Trinajstić information content (AvgIpc) is 3.18. The largest absolute Gasteiger partial charge is 0.389 e. The third kappa shape index (κ3) is 3.78. The molecule has 0 bridgehead atoms. The molecule has 2 unspecified atom stereocenters. The molecule has 1 aromatic carbocycles. The van der Waals surface area contributed by atoms with E-state index < -0.39 is 5.60 Å². The minimum atomic E-state index is -0.775. The van der Waals surface area contributed by atoms with E-state index >= 15 is 0 Å². The molecule has 1 aromatic rings. The molecular weight excluding hydrogens is 286 g/mol. The van der Waals surface area contributed by atoms with Gasteiger partial charge in [-0.05, 0) is 37.0 Å². The Morgan fingerprint density at radius 3 is 2.81 bits per heavy atom. The van der Waals surface area contributed by atoms with Crippen LogP contribution in [0.5, 0.6) is 0 Å². The summed E-state index contributed by atoms with van der Waals surface area (Å²) in [4.78, 5) is 12.1. The number of benzene rings is 1. The smallest absolute Gasteiger partial charge is 0.223 e. The van der Waals surface area contributed by atoms with Crippen molar-refractivity contribution in [2.24, 2.45) is 0 Å². The Morgan fingerprint density at radius 2 is 2.10 bits per heavy atom. The molecule has 3 nitrogen and oxygen atoms in total. The minimum Gasteiger partial charge on any atom is -0.389 e. The maximum Gasteiger partial charge on any atom is 0.223 e. The second-order valence-electron chi connectivity index (χ2n) is 6.53. The topological polar surface area (TPSA) is 49.3 Å². The van der Waals surface area contributed by atoms with Crippen LogP contribution in [0, 0.1) is 0 Å². The molecule has 0 radical (unpaired) electrons. The van der Waals surface area contributed by atoms with Crippen molar-refractivity contribution < 1.29 is 9.90 Å². The number of carbonyl (C=O) groups is 1. The fourth-order valence-electron chi connectivity index (χ4n) is 3.40. The lowest BCUT2D eigenvalue weighted by molar-refractivity contribution is -0.127. The SMILES string of the molecule is O=C(CC1(O)CCCCC1)NC1CC1c1cccc(Cl)c1. The Balaban J connectivity index is 1.50. The first-order chi connectivity index (χ1) is 10.1. The average molecular weight is 308 g/mol. The summed E-state index contributed by atoms with van der Waals surface area (Å²) in [5, 5.41) is 14.2. The molecule has 0 aromatic heterocycles. The van der Waals surface area contributed by atoms with Crippen LogP contribution in [-0.2, 0) is 4.79 Å². The molecule has 114 valence electrons. The van der Waals surface area contributed by atoms with E-state index in [-0.39, 0.29) is 18.4 Å². The van der Waals surface area contributed by atoms with E-state index in [0.717, 1.165) is 37.1 Å². The molecule has 21 heavy (non-hydrogen) atoms. The van der Waals surface area contributed by atoms with Crippen LogP contribution in [0.3, 0.4) is 0 Å². The first-order valence-corrected chi connectivity index (χ1v) is 8.21. The van der Waals surface area contributed by atoms with Crippen LogP contribution in [0.2, 0.25) is 5.02 Å². The lowest BCUT2D eigenvalue weighted by atomic mass is 9.82. The Labute approximate surface area is 130 Å². The highest BCUT2D eigenvalue weighted by atomic mass is 35.5. The summed E-state index contributed by atoms with van der Waals surface area (Å²) < 4.78 is 0. The predicted octanol–water partition coefficient (Wildman–Crippen LogP) is 3.40. The van der Waals surface area contributed by atoms with Crippen LogP contribution < -0.4 is 5.32 Å². The van der Waals surface area contributed by atoms with Crippen molar-refractivity contribution in [3.8, 4) is 0 Å². The Morgan fingerprint density at radius 1 is 1.33 bits per heavy atom. The second-order valence-corrected chi connectivity index (χ2v) is 6.97. The van der Waals surface area contributed by atoms with Crippen molar-refractivity contribution >= 4 is 17.5 Å². The first-order valence-electron chi connectivity index (χ1n) is 7.83. The zero-order valence-electron chi connectivity index (χ0n) is 12.1. The Kier molecular flexibility index (Phi) is 4.23. The van der Waals surface area contributed by atoms with E-state index in [1.54, 1.807) is 0 Å². The van der Waals surface area contributed by atoms with Crippen molar-refractivity contribution in [1.29, 1.82) is 0 Å². The maximum atomic E-state index is 12.1. The number of rotatable bonds is 4. The van der Waals surface area contributed by atoms with Crippen molar-refractivity contribution in [1.82, 2.24) is 5.32 Å². The molecule has 2 atom stereocenters. The summed E-state index contributed by atoms with van der Waals surface area (Å²) in [7, 11) is 0. The van der Waals surface area contributed by atoms with Gasteiger partial charge in [0.05, 0.1) is 12.0 Å². The third-order valence-corrected chi connectivity index (χ3v) is 4.92. The number of nitrogens with one attached hydrogen (secondary N) is 1. The van der Waals surface area contributed by atoms with Gasteiger partial charge in [-0.3, -0.25) is 4.79 Å². The maximum absolute atomic E-state index is 12.1. The number of hydrogen-bond acceptors (Lipinski definition) is 2. The van der Waals surface area contributed by atoms with Gasteiger partial charge in [0.15, 0.2) is 0 Å². The summed E-state index contributed by atoms with van der Waals surface area (Å²) in [6, 6.07) is 8.02. The van der Waals surface area contributed by atoms with Gasteiger partial charge >= 0.3 is 0 Å². The molecule has 2 N–H and O–H groups in total. The van der Waals surface area contributed by atoms with E-state index in [1.165, 1.54) is 12.0 Å². The normalized spacial score (nSPS) is 27.1. The Hall–Kier alpha value is -1.06. The van der Waals surface area contributed by atoms with Gasteiger partial charge in [-0.25, -0.2) is 0 Å². The molecular formula is C17H22ClNO2. The highest BCUT2D eigenvalue weighted by molar-refractivity contribution is 6.30. The molecule has 0 heterocycles. The van der Waals surface area contributed by atoms with E-state index in [0.29, 0.717) is 5.92 Å². The lowest BCUT2D eigenvalue weighted by Crippen LogP contribution is -2.39. The van der Waals surface area contributed by atoms with Crippen LogP contribution in [0.4, 0.5) is 0 Å². The van der Waals surface area contributed by atoms with Crippen LogP contribution in [0.15, 0.2) is 24.3 Å². The van der Waals surface area contributed by atoms with E-state index in [1.807, 2.05) is 18.2 Å². The van der Waals surface area contributed by atoms with E-state index in [4.69, 9.17) is 11.6 Å². The molecule has 4 heteroatoms. The molecule has 0 saturated heterocycles. The molecule has 2 aliphatic rings. The van der Waals surface area contributed by atoms with Crippen molar-refractivity contribution in [2.75, 3.05) is 0 Å². The Bertz CT molecular complexity index is 525. The summed E-state index contributed by atoms with van der Waals surface area (Å²) in [6.45, 7) is 0. The number of aliphatic hydroxyl groups is 1. The zero-order valence-corrected chi connectivity index (χ0v) is 12.9. The van der Waals surface area contributed by atoms with Crippen LogP contribution in [-0.4, -0.2) is 22.7 Å². The second kappa shape index (κ2) is 5.98. The van der Waals surface area contributed by atoms with Crippen LogP contribution in [0.1, 0.15) is 56.4 Å². The van der Waals surface area contributed by atoms with E-state index in [9.17, 15) is 9.90 Å². The van der Waals surface area contributed by atoms with Gasteiger partial charge in [0.25, 0.3) is 0 Å². The van der Waals surface area contributed by atoms with Crippen molar-refractivity contribution in [2.45, 2.75) is 62.5 Å². The monoisotopic (exact) mass is 307 g/mol. The summed E-state index contributed by atoms with van der Waals surface area (Å²) in [5.74, 6) is 0.350. The number of amides is 1. The zero-order chi connectivity index (χ0) is 14.9. The van der Waals surface area contributed by atoms with Gasteiger partial charge in [-0.2, -0.15) is 0 Å². The number of carbonyl (C=O) groups excluding carboxylic acids is 1. The highest BCUT2D eigenvalue weighted by Gasteiger charge is 2.41. The molecule has 1 amide bonds. The van der Waals surface area contributed by atoms with Gasteiger partial charge in [0.2, 0.25) is 5.91 Å². The van der Waals surface area contributed by atoms with E-state index in [2.05, 4.69) is 11.4 Å². The molecule has 2 fully saturated rings. The van der Waals surface area contributed by atoms with Gasteiger partial charge < -0.3 is 10.4 Å². The molecule has 2 aliphatic carbocycles. The van der Waals surface area contributed by atoms with Crippen LogP contribution in [0.25, 0.3) is 0 Å². The van der Waals surface area contributed by atoms with Gasteiger partial charge in [-0.15, -0.1) is 0 Å². The van der Waals surface area contributed by atoms with Crippen molar-refractivity contribution in [3.05, 3.63) is 34.9 Å². The first kappa shape index (κ1) is 14.9. The lowest BCUT2D eigenvalue weighted by Gasteiger charge is -2.31. The summed E-state index contributed by atoms with van der Waals surface area (Å²) in [5.41, 5.74) is 0.409. The molecule has 0 aliphatic heterocycles. The highest BCUT2D eigenvalue weighted by Crippen LogP contribution is 2.41. The summed E-state index contributed by atoms with van der Waals surface area (Å²) in [6.07, 6.45) is 5.93. The number of halogens is 1. The molecule has 2 saturated carbocycles. The van der Waals surface area contributed by atoms with Crippen molar-refractivity contribution in [3.63, 3.8) is 0 Å². The quantitative estimate of drug-likeness (QED) is 0.895. The van der Waals surface area contributed by atoms with Gasteiger partial charge in [0.1, 0.15) is 0 Å². The minimum absolute atomic E-state index is 0.0195. The van der Waals surface area contributed by atoms with Gasteiger partial charge in [0, 0.05) is 17.0 Å². The third-order valence-electron chi connectivity index (χ3n) is 4.69. The fourth-order valence-corrected chi connectivity index (χ4v) is 3.60.